The average Bonchev–Trinajstić information content (AvgIpc) is 2.76. The summed E-state index contributed by atoms with van der Waals surface area (Å²) in [6, 6.07) is 15.3. The first kappa shape index (κ1) is 19.8. The Morgan fingerprint density at radius 2 is 1.73 bits per heavy atom. The Morgan fingerprint density at radius 3 is 2.47 bits per heavy atom. The van der Waals surface area contributed by atoms with Crippen LogP contribution in [-0.4, -0.2) is 42.4 Å². The molecule has 4 rings (SSSR count). The third-order valence-corrected chi connectivity index (χ3v) is 5.06. The summed E-state index contributed by atoms with van der Waals surface area (Å²) in [5.74, 6) is 0.559. The molecule has 1 fully saturated rings. The second kappa shape index (κ2) is 8.92. The van der Waals surface area contributed by atoms with Gasteiger partial charge in [0, 0.05) is 36.1 Å². The first-order valence-electron chi connectivity index (χ1n) is 9.99. The number of rotatable bonds is 5. The van der Waals surface area contributed by atoms with Gasteiger partial charge in [-0.25, -0.2) is 0 Å². The van der Waals surface area contributed by atoms with E-state index in [4.69, 9.17) is 4.74 Å². The quantitative estimate of drug-likeness (QED) is 0.672. The standard InChI is InChI=1S/C23H25N5O2/c1-16-3-8-21(17(2)13-16)23(29)26-19-6-4-18(5-7-19)25-22-14-20(15-24-27-22)28-9-11-30-12-10-28/h3-8,13-15H,9-12H2,1-2H3,(H,25,27)(H,26,29). The van der Waals surface area contributed by atoms with Crippen molar-refractivity contribution in [1.29, 1.82) is 0 Å². The molecule has 2 heterocycles. The molecule has 2 aromatic carbocycles. The zero-order chi connectivity index (χ0) is 20.9. The summed E-state index contributed by atoms with van der Waals surface area (Å²) >= 11 is 0. The topological polar surface area (TPSA) is 79.4 Å². The van der Waals surface area contributed by atoms with Crippen molar-refractivity contribution in [3.05, 3.63) is 71.4 Å². The molecule has 7 heteroatoms. The first-order chi connectivity index (χ1) is 14.6. The van der Waals surface area contributed by atoms with E-state index < -0.39 is 0 Å². The highest BCUT2D eigenvalue weighted by atomic mass is 16.5. The minimum atomic E-state index is -0.114. The number of aryl methyl sites for hydroxylation is 2. The van der Waals surface area contributed by atoms with E-state index in [1.807, 2.05) is 62.4 Å². The third kappa shape index (κ3) is 4.75. The van der Waals surface area contributed by atoms with Crippen LogP contribution in [0.3, 0.4) is 0 Å². The molecule has 1 amide bonds. The van der Waals surface area contributed by atoms with Gasteiger partial charge in [0.1, 0.15) is 0 Å². The normalized spacial score (nSPS) is 13.7. The predicted molar refractivity (Wildman–Crippen MR) is 119 cm³/mol. The molecule has 0 radical (unpaired) electrons. The molecule has 1 aliphatic rings. The van der Waals surface area contributed by atoms with Gasteiger partial charge < -0.3 is 20.3 Å². The number of anilines is 4. The molecule has 2 N–H and O–H groups in total. The largest absolute Gasteiger partial charge is 0.378 e. The van der Waals surface area contributed by atoms with Gasteiger partial charge in [0.05, 0.1) is 25.1 Å². The van der Waals surface area contributed by atoms with Crippen LogP contribution < -0.4 is 15.5 Å². The Labute approximate surface area is 176 Å². The zero-order valence-corrected chi connectivity index (χ0v) is 17.2. The smallest absolute Gasteiger partial charge is 0.255 e. The Hall–Kier alpha value is -3.45. The molecule has 0 bridgehead atoms. The summed E-state index contributed by atoms with van der Waals surface area (Å²) in [6.07, 6.45) is 1.77. The van der Waals surface area contributed by atoms with Gasteiger partial charge in [-0.1, -0.05) is 17.7 Å². The van der Waals surface area contributed by atoms with E-state index in [2.05, 4.69) is 25.7 Å². The molecule has 3 aromatic rings. The second-order valence-electron chi connectivity index (χ2n) is 7.37. The maximum Gasteiger partial charge on any atom is 0.255 e. The van der Waals surface area contributed by atoms with E-state index in [-0.39, 0.29) is 5.91 Å². The molecular formula is C23H25N5O2. The van der Waals surface area contributed by atoms with Crippen LogP contribution in [0.15, 0.2) is 54.7 Å². The fraction of sp³-hybridized carbons (Fsp3) is 0.261. The van der Waals surface area contributed by atoms with E-state index >= 15 is 0 Å². The first-order valence-corrected chi connectivity index (χ1v) is 9.99. The molecule has 0 spiro atoms. The van der Waals surface area contributed by atoms with Crippen LogP contribution in [0, 0.1) is 13.8 Å². The van der Waals surface area contributed by atoms with Gasteiger partial charge in [0.25, 0.3) is 5.91 Å². The summed E-state index contributed by atoms with van der Waals surface area (Å²) in [4.78, 5) is 14.8. The molecule has 0 saturated carbocycles. The summed E-state index contributed by atoms with van der Waals surface area (Å²) in [7, 11) is 0. The number of amides is 1. The molecule has 154 valence electrons. The molecular weight excluding hydrogens is 378 g/mol. The van der Waals surface area contributed by atoms with Gasteiger partial charge in [-0.15, -0.1) is 5.10 Å². The maximum absolute atomic E-state index is 12.6. The van der Waals surface area contributed by atoms with Crippen LogP contribution in [0.5, 0.6) is 0 Å². The SMILES string of the molecule is Cc1ccc(C(=O)Nc2ccc(Nc3cc(N4CCOCC4)cnn3)cc2)c(C)c1. The maximum atomic E-state index is 12.6. The number of carbonyl (C=O) groups is 1. The van der Waals surface area contributed by atoms with E-state index in [1.54, 1.807) is 6.20 Å². The van der Waals surface area contributed by atoms with E-state index in [9.17, 15) is 4.79 Å². The van der Waals surface area contributed by atoms with Crippen LogP contribution in [0.25, 0.3) is 0 Å². The molecule has 0 aliphatic carbocycles. The lowest BCUT2D eigenvalue weighted by Gasteiger charge is -2.28. The number of nitrogens with zero attached hydrogens (tertiary/aromatic N) is 3. The van der Waals surface area contributed by atoms with Crippen LogP contribution in [-0.2, 0) is 4.74 Å². The highest BCUT2D eigenvalue weighted by molar-refractivity contribution is 6.05. The van der Waals surface area contributed by atoms with Crippen molar-refractivity contribution < 1.29 is 9.53 Å². The Balaban J connectivity index is 1.41. The van der Waals surface area contributed by atoms with E-state index in [0.29, 0.717) is 11.4 Å². The Kier molecular flexibility index (Phi) is 5.90. The highest BCUT2D eigenvalue weighted by Gasteiger charge is 2.13. The fourth-order valence-corrected chi connectivity index (χ4v) is 3.46. The lowest BCUT2D eigenvalue weighted by atomic mass is 10.1. The number of aromatic nitrogens is 2. The number of morpholine rings is 1. The van der Waals surface area contributed by atoms with Gasteiger partial charge in [-0.05, 0) is 49.7 Å². The van der Waals surface area contributed by atoms with E-state index in [0.717, 1.165) is 54.5 Å². The van der Waals surface area contributed by atoms with Gasteiger partial charge in [0.2, 0.25) is 0 Å². The number of ether oxygens (including phenoxy) is 1. The van der Waals surface area contributed by atoms with Gasteiger partial charge in [-0.3, -0.25) is 4.79 Å². The summed E-state index contributed by atoms with van der Waals surface area (Å²) in [5, 5.41) is 14.5. The molecule has 0 atom stereocenters. The fourth-order valence-electron chi connectivity index (χ4n) is 3.46. The van der Waals surface area contributed by atoms with Gasteiger partial charge in [0.15, 0.2) is 5.82 Å². The van der Waals surface area contributed by atoms with Gasteiger partial charge >= 0.3 is 0 Å². The van der Waals surface area contributed by atoms with Crippen molar-refractivity contribution in [3.63, 3.8) is 0 Å². The number of benzene rings is 2. The molecule has 30 heavy (non-hydrogen) atoms. The van der Waals surface area contributed by atoms with Crippen molar-refractivity contribution in [2.24, 2.45) is 0 Å². The second-order valence-corrected chi connectivity index (χ2v) is 7.37. The summed E-state index contributed by atoms with van der Waals surface area (Å²) in [5.41, 5.74) is 5.41. The summed E-state index contributed by atoms with van der Waals surface area (Å²) < 4.78 is 5.40. The third-order valence-electron chi connectivity index (χ3n) is 5.06. The van der Waals surface area contributed by atoms with Crippen LogP contribution in [0.1, 0.15) is 21.5 Å². The number of carbonyl (C=O) groups excluding carboxylic acids is 1. The monoisotopic (exact) mass is 403 g/mol. The Bertz CT molecular complexity index is 1030. The number of hydrogen-bond acceptors (Lipinski definition) is 6. The predicted octanol–water partition coefficient (Wildman–Crippen LogP) is 3.93. The average molecular weight is 403 g/mol. The van der Waals surface area contributed by atoms with Crippen molar-refractivity contribution in [2.45, 2.75) is 13.8 Å². The molecule has 0 unspecified atom stereocenters. The Morgan fingerprint density at radius 1 is 1.00 bits per heavy atom. The van der Waals surface area contributed by atoms with Crippen molar-refractivity contribution in [2.75, 3.05) is 41.8 Å². The lowest BCUT2D eigenvalue weighted by Crippen LogP contribution is -2.36. The molecule has 1 saturated heterocycles. The van der Waals surface area contributed by atoms with Crippen LogP contribution in [0.2, 0.25) is 0 Å². The molecule has 1 aromatic heterocycles. The molecule has 7 nitrogen and oxygen atoms in total. The van der Waals surface area contributed by atoms with Gasteiger partial charge in [-0.2, -0.15) is 5.10 Å². The number of hydrogen-bond donors (Lipinski definition) is 2. The van der Waals surface area contributed by atoms with Crippen molar-refractivity contribution in [1.82, 2.24) is 10.2 Å². The van der Waals surface area contributed by atoms with Crippen LogP contribution in [0.4, 0.5) is 22.9 Å². The van der Waals surface area contributed by atoms with Crippen molar-refractivity contribution in [3.8, 4) is 0 Å². The summed E-state index contributed by atoms with van der Waals surface area (Å²) in [6.45, 7) is 7.10. The highest BCUT2D eigenvalue weighted by Crippen LogP contribution is 2.22. The minimum Gasteiger partial charge on any atom is -0.378 e. The number of nitrogens with one attached hydrogen (secondary N) is 2. The minimum absolute atomic E-state index is 0.114. The zero-order valence-electron chi connectivity index (χ0n) is 17.2. The molecule has 1 aliphatic heterocycles. The van der Waals surface area contributed by atoms with E-state index in [1.165, 1.54) is 0 Å². The lowest BCUT2D eigenvalue weighted by molar-refractivity contribution is 0.102. The van der Waals surface area contributed by atoms with Crippen molar-refractivity contribution >= 4 is 28.8 Å². The van der Waals surface area contributed by atoms with Crippen LogP contribution >= 0.6 is 0 Å².